The molecule has 2 aromatic rings. The third-order valence-corrected chi connectivity index (χ3v) is 6.68. The number of halogens is 3. The molecule has 0 radical (unpaired) electrons. The van der Waals surface area contributed by atoms with Crippen LogP contribution in [-0.2, 0) is 19.1 Å². The van der Waals surface area contributed by atoms with Crippen LogP contribution in [0.25, 0.3) is 0 Å². The molecule has 1 amide bonds. The molecule has 156 valence electrons. The number of nitrogens with one attached hydrogen (secondary N) is 1. The minimum absolute atomic E-state index is 0.123. The first-order valence-corrected chi connectivity index (χ1v) is 10.9. The number of fused-ring (bicyclic) bond motifs is 1. The summed E-state index contributed by atoms with van der Waals surface area (Å²) in [4.78, 5) is 14.7. The molecular formula is C20H23F3N4OS. The fourth-order valence-electron chi connectivity index (χ4n) is 4.28. The summed E-state index contributed by atoms with van der Waals surface area (Å²) in [5, 5.41) is 7.26. The molecule has 0 unspecified atom stereocenters. The number of likely N-dealkylation sites (tertiary alicyclic amines) is 1. The van der Waals surface area contributed by atoms with Crippen molar-refractivity contribution in [1.29, 1.82) is 0 Å². The zero-order valence-corrected chi connectivity index (χ0v) is 16.9. The molecular weight excluding hydrogens is 401 g/mol. The first kappa shape index (κ1) is 20.3. The SMILES string of the molecule is CSN1CCc2c(C(=O)N3CCC(c4ccccc4C(F)(F)F)CC3)n[nH]c2C1. The standard InChI is InChI=1S/C20H23F3N4OS/c1-29-27-11-8-15-17(12-27)24-25-18(15)19(28)26-9-6-13(7-10-26)14-4-2-3-5-16(14)20(21,22)23/h2-5,13H,6-12H2,1H3,(H,24,25). The molecule has 4 rings (SSSR count). The van der Waals surface area contributed by atoms with E-state index in [1.807, 2.05) is 6.26 Å². The summed E-state index contributed by atoms with van der Waals surface area (Å²) < 4.78 is 42.2. The fourth-order valence-corrected chi connectivity index (χ4v) is 4.81. The Bertz CT molecular complexity index is 890. The van der Waals surface area contributed by atoms with Gasteiger partial charge in [-0.05, 0) is 43.1 Å². The molecule has 0 spiro atoms. The maximum atomic E-state index is 13.3. The molecule has 0 bridgehead atoms. The van der Waals surface area contributed by atoms with Crippen LogP contribution in [0.3, 0.4) is 0 Å². The molecule has 3 heterocycles. The molecule has 1 aromatic heterocycles. The van der Waals surface area contributed by atoms with Crippen molar-refractivity contribution in [3.8, 4) is 0 Å². The van der Waals surface area contributed by atoms with Gasteiger partial charge in [-0.15, -0.1) is 0 Å². The van der Waals surface area contributed by atoms with Gasteiger partial charge in [0.15, 0.2) is 5.69 Å². The van der Waals surface area contributed by atoms with Crippen molar-refractivity contribution in [3.05, 3.63) is 52.3 Å². The van der Waals surface area contributed by atoms with Crippen molar-refractivity contribution in [1.82, 2.24) is 19.4 Å². The molecule has 1 fully saturated rings. The van der Waals surface area contributed by atoms with Crippen molar-refractivity contribution >= 4 is 17.9 Å². The predicted octanol–water partition coefficient (Wildman–Crippen LogP) is 4.08. The van der Waals surface area contributed by atoms with Gasteiger partial charge in [-0.2, -0.15) is 18.3 Å². The third-order valence-electron chi connectivity index (χ3n) is 5.85. The van der Waals surface area contributed by atoms with Crippen LogP contribution in [0.2, 0.25) is 0 Å². The lowest BCUT2D eigenvalue weighted by Gasteiger charge is -2.33. The first-order valence-electron chi connectivity index (χ1n) is 9.69. The molecule has 2 aliphatic heterocycles. The number of piperidine rings is 1. The zero-order valence-electron chi connectivity index (χ0n) is 16.1. The number of H-pyrrole nitrogens is 1. The number of hydrogen-bond donors (Lipinski definition) is 1. The lowest BCUT2D eigenvalue weighted by molar-refractivity contribution is -0.138. The van der Waals surface area contributed by atoms with Gasteiger partial charge in [-0.1, -0.05) is 30.1 Å². The largest absolute Gasteiger partial charge is 0.416 e. The van der Waals surface area contributed by atoms with Gasteiger partial charge >= 0.3 is 6.18 Å². The molecule has 0 aliphatic carbocycles. The third kappa shape index (κ3) is 4.02. The lowest BCUT2D eigenvalue weighted by Crippen LogP contribution is -2.39. The van der Waals surface area contributed by atoms with Gasteiger partial charge in [0.05, 0.1) is 17.8 Å². The Hall–Kier alpha value is -2.00. The number of benzene rings is 1. The van der Waals surface area contributed by atoms with E-state index >= 15 is 0 Å². The van der Waals surface area contributed by atoms with E-state index in [0.29, 0.717) is 37.2 Å². The number of rotatable bonds is 3. The van der Waals surface area contributed by atoms with Crippen LogP contribution in [-0.4, -0.2) is 51.2 Å². The smallest absolute Gasteiger partial charge is 0.337 e. The highest BCUT2D eigenvalue weighted by Crippen LogP contribution is 2.39. The first-order chi connectivity index (χ1) is 13.9. The van der Waals surface area contributed by atoms with Crippen LogP contribution in [0.1, 0.15) is 51.6 Å². The van der Waals surface area contributed by atoms with Gasteiger partial charge < -0.3 is 4.90 Å². The number of aromatic nitrogens is 2. The van der Waals surface area contributed by atoms with E-state index in [-0.39, 0.29) is 11.8 Å². The zero-order chi connectivity index (χ0) is 20.6. The van der Waals surface area contributed by atoms with E-state index in [1.54, 1.807) is 29.0 Å². The highest BCUT2D eigenvalue weighted by atomic mass is 32.2. The van der Waals surface area contributed by atoms with Crippen LogP contribution in [0.4, 0.5) is 13.2 Å². The topological polar surface area (TPSA) is 52.2 Å². The Morgan fingerprint density at radius 2 is 1.93 bits per heavy atom. The van der Waals surface area contributed by atoms with E-state index in [2.05, 4.69) is 14.5 Å². The van der Waals surface area contributed by atoms with Crippen molar-refractivity contribution < 1.29 is 18.0 Å². The Labute approximate surface area is 171 Å². The number of amides is 1. The molecule has 0 atom stereocenters. The van der Waals surface area contributed by atoms with E-state index in [4.69, 9.17) is 0 Å². The summed E-state index contributed by atoms with van der Waals surface area (Å²) in [6, 6.07) is 5.77. The second kappa shape index (κ2) is 8.02. The molecule has 1 saturated heterocycles. The number of carbonyl (C=O) groups excluding carboxylic acids is 1. The summed E-state index contributed by atoms with van der Waals surface area (Å²) >= 11 is 1.67. The molecule has 1 aromatic carbocycles. The number of nitrogens with zero attached hydrogens (tertiary/aromatic N) is 3. The van der Waals surface area contributed by atoms with Crippen LogP contribution < -0.4 is 0 Å². The fraction of sp³-hybridized carbons (Fsp3) is 0.500. The quantitative estimate of drug-likeness (QED) is 0.755. The van der Waals surface area contributed by atoms with Crippen LogP contribution in [0, 0.1) is 0 Å². The molecule has 2 aliphatic rings. The second-order valence-corrected chi connectivity index (χ2v) is 8.36. The summed E-state index contributed by atoms with van der Waals surface area (Å²) in [5.41, 5.74) is 2.19. The van der Waals surface area contributed by atoms with Crippen LogP contribution in [0.5, 0.6) is 0 Å². The van der Waals surface area contributed by atoms with Gasteiger partial charge in [0.1, 0.15) is 0 Å². The van der Waals surface area contributed by atoms with Crippen molar-refractivity contribution in [3.63, 3.8) is 0 Å². The van der Waals surface area contributed by atoms with Gasteiger partial charge in [0, 0.05) is 25.2 Å². The number of aromatic amines is 1. The Balaban J connectivity index is 1.45. The average molecular weight is 424 g/mol. The van der Waals surface area contributed by atoms with Gasteiger partial charge in [-0.3, -0.25) is 9.89 Å². The van der Waals surface area contributed by atoms with E-state index in [1.165, 1.54) is 6.07 Å². The van der Waals surface area contributed by atoms with Crippen molar-refractivity contribution in [2.24, 2.45) is 0 Å². The Kier molecular flexibility index (Phi) is 5.61. The normalized spacial score (nSPS) is 18.7. The maximum Gasteiger partial charge on any atom is 0.416 e. The van der Waals surface area contributed by atoms with Gasteiger partial charge in [0.2, 0.25) is 0 Å². The number of hydrogen-bond acceptors (Lipinski definition) is 4. The van der Waals surface area contributed by atoms with E-state index in [0.717, 1.165) is 36.8 Å². The van der Waals surface area contributed by atoms with E-state index in [9.17, 15) is 18.0 Å². The molecule has 1 N–H and O–H groups in total. The predicted molar refractivity (Wildman–Crippen MR) is 106 cm³/mol. The monoisotopic (exact) mass is 424 g/mol. The van der Waals surface area contributed by atoms with Crippen LogP contribution in [0.15, 0.2) is 24.3 Å². The van der Waals surface area contributed by atoms with Crippen LogP contribution >= 0.6 is 11.9 Å². The molecule has 9 heteroatoms. The highest BCUT2D eigenvalue weighted by Gasteiger charge is 2.36. The molecule has 29 heavy (non-hydrogen) atoms. The van der Waals surface area contributed by atoms with Gasteiger partial charge in [-0.25, -0.2) is 4.31 Å². The number of carbonyl (C=O) groups is 1. The Morgan fingerprint density at radius 1 is 1.21 bits per heavy atom. The van der Waals surface area contributed by atoms with Crippen molar-refractivity contribution in [2.75, 3.05) is 25.9 Å². The summed E-state index contributed by atoms with van der Waals surface area (Å²) in [6.45, 7) is 2.47. The Morgan fingerprint density at radius 3 is 2.62 bits per heavy atom. The molecule has 5 nitrogen and oxygen atoms in total. The summed E-state index contributed by atoms with van der Waals surface area (Å²) in [6.07, 6.45) is -0.530. The molecule has 0 saturated carbocycles. The summed E-state index contributed by atoms with van der Waals surface area (Å²) in [7, 11) is 0. The van der Waals surface area contributed by atoms with Crippen molar-refractivity contribution in [2.45, 2.75) is 37.9 Å². The average Bonchev–Trinajstić information content (AvgIpc) is 3.16. The second-order valence-electron chi connectivity index (χ2n) is 7.48. The van der Waals surface area contributed by atoms with Gasteiger partial charge in [0.25, 0.3) is 5.91 Å². The van der Waals surface area contributed by atoms with E-state index < -0.39 is 11.7 Å². The minimum atomic E-state index is -4.36. The number of alkyl halides is 3. The maximum absolute atomic E-state index is 13.3. The minimum Gasteiger partial charge on any atom is -0.337 e. The highest BCUT2D eigenvalue weighted by molar-refractivity contribution is 7.96. The summed E-state index contributed by atoms with van der Waals surface area (Å²) in [5.74, 6) is -0.317. The lowest BCUT2D eigenvalue weighted by atomic mass is 9.86.